The summed E-state index contributed by atoms with van der Waals surface area (Å²) >= 11 is 1.56. The van der Waals surface area contributed by atoms with Crippen LogP contribution in [0, 0.1) is 7.14 Å². The van der Waals surface area contributed by atoms with Crippen LogP contribution in [0.25, 0.3) is 0 Å². The first-order valence-electron chi connectivity index (χ1n) is 3.14. The number of rotatable bonds is 2. The van der Waals surface area contributed by atoms with Crippen molar-refractivity contribution in [1.29, 1.82) is 0 Å². The van der Waals surface area contributed by atoms with E-state index in [0.29, 0.717) is 29.0 Å². The van der Waals surface area contributed by atoms with Crippen molar-refractivity contribution in [1.82, 2.24) is 0 Å². The van der Waals surface area contributed by atoms with Crippen molar-refractivity contribution < 1.29 is 21.2 Å². The van der Waals surface area contributed by atoms with Gasteiger partial charge in [0.2, 0.25) is 0 Å². The van der Waals surface area contributed by atoms with E-state index in [0.717, 1.165) is 0 Å². The normalized spacial score (nSPS) is 10.2. The molecule has 2 aromatic rings. The molecule has 0 aliphatic heterocycles. The maximum absolute atomic E-state index is 2.42. The van der Waals surface area contributed by atoms with Crippen LogP contribution in [0.4, 0.5) is 0 Å². The molecule has 0 aliphatic carbocycles. The standard InChI is InChI=1S/C8H6ISe2/c1-3-10-5-7(1)9-8-2-4-11-6-8/h1-6H/q+1. The Bertz CT molecular complexity index is 264. The molecule has 0 aromatic carbocycles. The Labute approximate surface area is 88.4 Å². The van der Waals surface area contributed by atoms with Crippen molar-refractivity contribution in [2.75, 3.05) is 0 Å². The van der Waals surface area contributed by atoms with E-state index < -0.39 is 0 Å². The topological polar surface area (TPSA) is 0 Å². The van der Waals surface area contributed by atoms with E-state index in [1.807, 2.05) is 0 Å². The van der Waals surface area contributed by atoms with Crippen molar-refractivity contribution >= 4 is 29.0 Å². The predicted molar refractivity (Wildman–Crippen MR) is 44.2 cm³/mol. The molecular formula is C8H6ISe2+. The van der Waals surface area contributed by atoms with Gasteiger partial charge in [-0.15, -0.1) is 0 Å². The maximum atomic E-state index is 2.42. The summed E-state index contributed by atoms with van der Waals surface area (Å²) in [5.74, 6) is 0. The van der Waals surface area contributed by atoms with Crippen LogP contribution in [0.15, 0.2) is 31.9 Å². The zero-order chi connectivity index (χ0) is 7.52. The Morgan fingerprint density at radius 3 is 1.82 bits per heavy atom. The fraction of sp³-hybridized carbons (Fsp3) is 0. The Balaban J connectivity index is 2.14. The second-order valence-electron chi connectivity index (χ2n) is 1.98. The first kappa shape index (κ1) is 8.33. The van der Waals surface area contributed by atoms with Gasteiger partial charge in [0.25, 0.3) is 0 Å². The summed E-state index contributed by atoms with van der Waals surface area (Å²) in [4.78, 5) is 9.46. The SMILES string of the molecule is c1cc([I+]c2cc[se]c2)c[se]1. The fourth-order valence-corrected chi connectivity index (χ4v) is 8.45. The van der Waals surface area contributed by atoms with Crippen LogP contribution in [0.5, 0.6) is 0 Å². The molecule has 2 aromatic heterocycles. The van der Waals surface area contributed by atoms with Crippen LogP contribution in [-0.2, 0) is 0 Å². The minimum absolute atomic E-state index is 0.198. The number of hydrogen-bond donors (Lipinski definition) is 0. The zero-order valence-corrected chi connectivity index (χ0v) is 11.2. The Hall–Kier alpha value is 0.729. The molecule has 2 rings (SSSR count). The van der Waals surface area contributed by atoms with E-state index in [1.54, 1.807) is 7.14 Å². The van der Waals surface area contributed by atoms with Gasteiger partial charge in [0.05, 0.1) is 0 Å². The van der Waals surface area contributed by atoms with E-state index >= 15 is 0 Å². The van der Waals surface area contributed by atoms with Gasteiger partial charge in [0.1, 0.15) is 0 Å². The molecule has 0 atom stereocenters. The quantitative estimate of drug-likeness (QED) is 0.411. The summed E-state index contributed by atoms with van der Waals surface area (Å²) in [5, 5.41) is 0. The second-order valence-corrected chi connectivity index (χ2v) is 8.28. The Morgan fingerprint density at radius 2 is 1.45 bits per heavy atom. The molecule has 0 N–H and O–H groups in total. The van der Waals surface area contributed by atoms with Gasteiger partial charge in [-0.25, -0.2) is 0 Å². The van der Waals surface area contributed by atoms with E-state index in [9.17, 15) is 0 Å². The van der Waals surface area contributed by atoms with Crippen molar-refractivity contribution in [3.05, 3.63) is 39.0 Å². The van der Waals surface area contributed by atoms with E-state index in [1.165, 1.54) is 0 Å². The molecule has 0 unspecified atom stereocenters. The summed E-state index contributed by atoms with van der Waals surface area (Å²) in [6, 6.07) is 4.63. The van der Waals surface area contributed by atoms with Gasteiger partial charge >= 0.3 is 89.2 Å². The van der Waals surface area contributed by atoms with Gasteiger partial charge in [0.15, 0.2) is 0 Å². The molecule has 11 heavy (non-hydrogen) atoms. The van der Waals surface area contributed by atoms with Crippen LogP contribution < -0.4 is 21.2 Å². The second kappa shape index (κ2) is 4.10. The zero-order valence-electron chi connectivity index (χ0n) is 5.66. The summed E-state index contributed by atoms with van der Waals surface area (Å²) in [6.07, 6.45) is 0. The molecule has 0 spiro atoms. The Morgan fingerprint density at radius 1 is 0.909 bits per heavy atom. The average molecular weight is 387 g/mol. The van der Waals surface area contributed by atoms with E-state index in [2.05, 4.69) is 31.9 Å². The van der Waals surface area contributed by atoms with Crippen LogP contribution >= 0.6 is 0 Å². The van der Waals surface area contributed by atoms with Crippen LogP contribution in [0.3, 0.4) is 0 Å². The third-order valence-electron chi connectivity index (χ3n) is 1.19. The molecule has 2 heterocycles. The third kappa shape index (κ3) is 2.33. The van der Waals surface area contributed by atoms with E-state index in [-0.39, 0.29) is 21.2 Å². The molecular weight excluding hydrogens is 381 g/mol. The molecule has 0 aliphatic rings. The molecule has 0 saturated carbocycles. The molecule has 0 bridgehead atoms. The average Bonchev–Trinajstić information content (AvgIpc) is 2.60. The van der Waals surface area contributed by atoms with Gasteiger partial charge < -0.3 is 0 Å². The molecule has 0 fully saturated rings. The molecule has 0 nitrogen and oxygen atoms in total. The molecule has 0 amide bonds. The molecule has 3 heteroatoms. The summed E-state index contributed by atoms with van der Waals surface area (Å²) in [6.45, 7) is 0. The van der Waals surface area contributed by atoms with E-state index in [4.69, 9.17) is 0 Å². The molecule has 0 radical (unpaired) electrons. The van der Waals surface area contributed by atoms with Crippen molar-refractivity contribution in [3.63, 3.8) is 0 Å². The van der Waals surface area contributed by atoms with Crippen molar-refractivity contribution in [2.24, 2.45) is 0 Å². The summed E-state index contributed by atoms with van der Waals surface area (Å²) in [5.41, 5.74) is 0. The Kier molecular flexibility index (Phi) is 3.11. The monoisotopic (exact) mass is 389 g/mol. The van der Waals surface area contributed by atoms with Gasteiger partial charge in [0, 0.05) is 0 Å². The summed E-state index contributed by atoms with van der Waals surface area (Å²) in [7, 11) is 0. The van der Waals surface area contributed by atoms with Gasteiger partial charge in [-0.2, -0.15) is 0 Å². The van der Waals surface area contributed by atoms with Gasteiger partial charge in [-0.3, -0.25) is 0 Å². The van der Waals surface area contributed by atoms with Crippen LogP contribution in [-0.4, -0.2) is 29.0 Å². The molecule has 0 saturated heterocycles. The number of halogens is 1. The van der Waals surface area contributed by atoms with Crippen LogP contribution in [0.2, 0.25) is 0 Å². The number of hydrogen-bond acceptors (Lipinski definition) is 0. The third-order valence-corrected chi connectivity index (χ3v) is 8.54. The van der Waals surface area contributed by atoms with Crippen molar-refractivity contribution in [2.45, 2.75) is 0 Å². The first-order valence-corrected chi connectivity index (χ1v) is 9.26. The molecule has 56 valence electrons. The minimum atomic E-state index is 0.198. The van der Waals surface area contributed by atoms with Crippen LogP contribution in [0.1, 0.15) is 0 Å². The summed E-state index contributed by atoms with van der Waals surface area (Å²) < 4.78 is 3.25. The van der Waals surface area contributed by atoms with Gasteiger partial charge in [-0.1, -0.05) is 0 Å². The van der Waals surface area contributed by atoms with Crippen molar-refractivity contribution in [3.8, 4) is 0 Å². The fourth-order valence-electron chi connectivity index (χ4n) is 0.729. The first-order chi connectivity index (χ1) is 5.45. The predicted octanol–water partition coefficient (Wildman–Crippen LogP) is -2.07. The van der Waals surface area contributed by atoms with Gasteiger partial charge in [-0.05, 0) is 0 Å².